The summed E-state index contributed by atoms with van der Waals surface area (Å²) in [7, 11) is 0. The molecule has 0 spiro atoms. The number of rotatable bonds is 7. The second-order valence-electron chi connectivity index (χ2n) is 7.82. The van der Waals surface area contributed by atoms with Gasteiger partial charge in [0, 0.05) is 16.9 Å². The number of benzene rings is 1. The van der Waals surface area contributed by atoms with Gasteiger partial charge in [-0.15, -0.1) is 22.7 Å². The summed E-state index contributed by atoms with van der Waals surface area (Å²) < 4.78 is 5.74. The smallest absolute Gasteiger partial charge is 0.269 e. The van der Waals surface area contributed by atoms with Crippen molar-refractivity contribution in [2.24, 2.45) is 5.92 Å². The van der Waals surface area contributed by atoms with Crippen LogP contribution in [0.15, 0.2) is 29.6 Å². The number of likely N-dealkylation sites (tertiary alicyclic amines) is 1. The first-order valence-electron chi connectivity index (χ1n) is 10.3. The van der Waals surface area contributed by atoms with Crippen LogP contribution in [0.3, 0.4) is 0 Å². The maximum Gasteiger partial charge on any atom is 0.269 e. The Morgan fingerprint density at radius 1 is 1.26 bits per heavy atom. The number of aromatic nitrogens is 2. The standard InChI is InChI=1S/C22H25ClN4O2S2/c1-14-7-9-27(10-8-14)11-17-13-30-22(25-17)26-21(28)20-15(2)24-19(31-20)12-29-18-5-3-16(23)4-6-18/h3-6,13-14H,7-12H2,1-2H3,(H,25,26,28). The number of carbonyl (C=O) groups is 1. The Morgan fingerprint density at radius 3 is 2.74 bits per heavy atom. The summed E-state index contributed by atoms with van der Waals surface area (Å²) in [5.41, 5.74) is 1.70. The van der Waals surface area contributed by atoms with E-state index >= 15 is 0 Å². The fourth-order valence-corrected chi connectivity index (χ4v) is 5.14. The van der Waals surface area contributed by atoms with Crippen molar-refractivity contribution in [3.63, 3.8) is 0 Å². The molecule has 31 heavy (non-hydrogen) atoms. The van der Waals surface area contributed by atoms with Crippen LogP contribution in [0.4, 0.5) is 5.13 Å². The molecule has 6 nitrogen and oxygen atoms in total. The number of ether oxygens (including phenoxy) is 1. The Labute approximate surface area is 195 Å². The Balaban J connectivity index is 1.32. The number of aryl methyl sites for hydroxylation is 1. The predicted molar refractivity (Wildman–Crippen MR) is 126 cm³/mol. The highest BCUT2D eigenvalue weighted by molar-refractivity contribution is 7.15. The molecule has 0 aliphatic carbocycles. The average molecular weight is 477 g/mol. The summed E-state index contributed by atoms with van der Waals surface area (Å²) in [6, 6.07) is 7.16. The van der Waals surface area contributed by atoms with Crippen LogP contribution in [0, 0.1) is 12.8 Å². The highest BCUT2D eigenvalue weighted by atomic mass is 35.5. The van der Waals surface area contributed by atoms with Crippen LogP contribution in [-0.2, 0) is 13.2 Å². The molecule has 9 heteroatoms. The van der Waals surface area contributed by atoms with E-state index in [9.17, 15) is 4.79 Å². The first kappa shape index (κ1) is 22.2. The lowest BCUT2D eigenvalue weighted by molar-refractivity contribution is 0.102. The quantitative estimate of drug-likeness (QED) is 0.479. The van der Waals surface area contributed by atoms with Gasteiger partial charge in [-0.2, -0.15) is 0 Å². The minimum atomic E-state index is -0.180. The molecule has 3 aromatic rings. The van der Waals surface area contributed by atoms with Gasteiger partial charge < -0.3 is 4.74 Å². The van der Waals surface area contributed by atoms with Gasteiger partial charge in [0.25, 0.3) is 5.91 Å². The van der Waals surface area contributed by atoms with Gasteiger partial charge in [0.2, 0.25) is 0 Å². The van der Waals surface area contributed by atoms with Crippen LogP contribution in [0.1, 0.15) is 45.8 Å². The fraction of sp³-hybridized carbons (Fsp3) is 0.409. The van der Waals surface area contributed by atoms with Crippen LogP contribution in [0.25, 0.3) is 0 Å². The molecule has 0 bridgehead atoms. The van der Waals surface area contributed by atoms with Gasteiger partial charge in [-0.05, 0) is 63.0 Å². The van der Waals surface area contributed by atoms with Gasteiger partial charge in [0.15, 0.2) is 5.13 Å². The van der Waals surface area contributed by atoms with E-state index in [1.807, 2.05) is 12.3 Å². The van der Waals surface area contributed by atoms with Gasteiger partial charge >= 0.3 is 0 Å². The number of carbonyl (C=O) groups excluding carboxylic acids is 1. The zero-order valence-corrected chi connectivity index (χ0v) is 19.9. The third kappa shape index (κ3) is 6.04. The number of anilines is 1. The van der Waals surface area contributed by atoms with Crippen molar-refractivity contribution in [2.45, 2.75) is 39.8 Å². The topological polar surface area (TPSA) is 67.3 Å². The summed E-state index contributed by atoms with van der Waals surface area (Å²) in [5, 5.41) is 6.98. The number of nitrogens with one attached hydrogen (secondary N) is 1. The lowest BCUT2D eigenvalue weighted by atomic mass is 9.99. The largest absolute Gasteiger partial charge is 0.486 e. The van der Waals surface area contributed by atoms with E-state index in [1.165, 1.54) is 35.5 Å². The maximum atomic E-state index is 12.8. The summed E-state index contributed by atoms with van der Waals surface area (Å²) in [6.45, 7) is 7.51. The third-order valence-corrected chi connectivity index (χ3v) is 7.45. The van der Waals surface area contributed by atoms with Gasteiger partial charge in [0.05, 0.1) is 11.4 Å². The van der Waals surface area contributed by atoms with Crippen LogP contribution in [-0.4, -0.2) is 33.9 Å². The number of piperidine rings is 1. The Morgan fingerprint density at radius 2 is 2.00 bits per heavy atom. The molecule has 0 atom stereocenters. The number of nitrogens with zero attached hydrogens (tertiary/aromatic N) is 3. The van der Waals surface area contributed by atoms with Gasteiger partial charge in [-0.3, -0.25) is 15.0 Å². The molecule has 164 valence electrons. The highest BCUT2D eigenvalue weighted by Crippen LogP contribution is 2.25. The van der Waals surface area contributed by atoms with Crippen LogP contribution < -0.4 is 10.1 Å². The molecule has 0 saturated carbocycles. The van der Waals surface area contributed by atoms with Gasteiger partial charge in [-0.1, -0.05) is 18.5 Å². The van der Waals surface area contributed by atoms with Crippen LogP contribution in [0.2, 0.25) is 5.02 Å². The number of hydrogen-bond acceptors (Lipinski definition) is 7. The number of halogens is 1. The second kappa shape index (κ2) is 10.1. The van der Waals surface area contributed by atoms with Gasteiger partial charge in [0.1, 0.15) is 22.2 Å². The van der Waals surface area contributed by atoms with Gasteiger partial charge in [-0.25, -0.2) is 9.97 Å². The van der Waals surface area contributed by atoms with Crippen molar-refractivity contribution < 1.29 is 9.53 Å². The van der Waals surface area contributed by atoms with Crippen molar-refractivity contribution in [3.05, 3.63) is 55.9 Å². The number of hydrogen-bond donors (Lipinski definition) is 1. The zero-order chi connectivity index (χ0) is 21.8. The van der Waals surface area contributed by atoms with Crippen LogP contribution in [0.5, 0.6) is 5.75 Å². The molecule has 4 rings (SSSR count). The number of thiazole rings is 2. The second-order valence-corrected chi connectivity index (χ2v) is 10.2. The summed E-state index contributed by atoms with van der Waals surface area (Å²) in [5.74, 6) is 1.34. The van der Waals surface area contributed by atoms with Crippen molar-refractivity contribution >= 4 is 45.3 Å². The molecule has 2 aromatic heterocycles. The number of amides is 1. The molecular weight excluding hydrogens is 452 g/mol. The zero-order valence-electron chi connectivity index (χ0n) is 17.6. The van der Waals surface area contributed by atoms with E-state index in [1.54, 1.807) is 24.3 Å². The molecular formula is C22H25ClN4O2S2. The monoisotopic (exact) mass is 476 g/mol. The molecule has 1 aliphatic rings. The summed E-state index contributed by atoms with van der Waals surface area (Å²) >= 11 is 8.69. The van der Waals surface area contributed by atoms with Crippen molar-refractivity contribution in [2.75, 3.05) is 18.4 Å². The first-order valence-corrected chi connectivity index (χ1v) is 12.4. The first-order chi connectivity index (χ1) is 15.0. The van der Waals surface area contributed by atoms with E-state index < -0.39 is 0 Å². The van der Waals surface area contributed by atoms with E-state index in [0.717, 1.165) is 36.3 Å². The molecule has 1 aliphatic heterocycles. The molecule has 1 amide bonds. The predicted octanol–water partition coefficient (Wildman–Crippen LogP) is 5.62. The molecule has 1 fully saturated rings. The lowest BCUT2D eigenvalue weighted by Gasteiger charge is -2.29. The van der Waals surface area contributed by atoms with Crippen molar-refractivity contribution in [1.29, 1.82) is 0 Å². The van der Waals surface area contributed by atoms with Crippen molar-refractivity contribution in [3.8, 4) is 5.75 Å². The van der Waals surface area contributed by atoms with E-state index in [0.29, 0.717) is 33.1 Å². The van der Waals surface area contributed by atoms with E-state index in [-0.39, 0.29) is 5.91 Å². The molecule has 0 unspecified atom stereocenters. The summed E-state index contributed by atoms with van der Waals surface area (Å²) in [4.78, 5) is 24.8. The average Bonchev–Trinajstić information content (AvgIpc) is 3.35. The minimum Gasteiger partial charge on any atom is -0.486 e. The molecule has 3 heterocycles. The van der Waals surface area contributed by atoms with E-state index in [2.05, 4.69) is 27.1 Å². The Bertz CT molecular complexity index is 1030. The highest BCUT2D eigenvalue weighted by Gasteiger charge is 2.19. The third-order valence-electron chi connectivity index (χ3n) is 5.26. The minimum absolute atomic E-state index is 0.180. The molecule has 1 N–H and O–H groups in total. The van der Waals surface area contributed by atoms with Crippen molar-refractivity contribution in [1.82, 2.24) is 14.9 Å². The lowest BCUT2D eigenvalue weighted by Crippen LogP contribution is -2.32. The molecule has 1 saturated heterocycles. The maximum absolute atomic E-state index is 12.8. The summed E-state index contributed by atoms with van der Waals surface area (Å²) in [6.07, 6.45) is 2.48. The normalized spacial score (nSPS) is 15.2. The fourth-order valence-electron chi connectivity index (χ4n) is 3.44. The Kier molecular flexibility index (Phi) is 7.22. The Hall–Kier alpha value is -2.00. The molecule has 1 aromatic carbocycles. The molecule has 0 radical (unpaired) electrons. The van der Waals surface area contributed by atoms with E-state index in [4.69, 9.17) is 16.3 Å². The SMILES string of the molecule is Cc1nc(COc2ccc(Cl)cc2)sc1C(=O)Nc1nc(CN2CCC(C)CC2)cs1. The van der Waals surface area contributed by atoms with Crippen LogP contribution >= 0.6 is 34.3 Å².